The third-order valence-electron chi connectivity index (χ3n) is 3.97. The van der Waals surface area contributed by atoms with Gasteiger partial charge >= 0.3 is 0 Å². The zero-order valence-corrected chi connectivity index (χ0v) is 13.2. The van der Waals surface area contributed by atoms with Gasteiger partial charge in [0.15, 0.2) is 0 Å². The van der Waals surface area contributed by atoms with Crippen molar-refractivity contribution in [3.63, 3.8) is 0 Å². The predicted molar refractivity (Wildman–Crippen MR) is 80.1 cm³/mol. The highest BCUT2D eigenvalue weighted by Crippen LogP contribution is 2.15. The fourth-order valence-electron chi connectivity index (χ4n) is 2.67. The summed E-state index contributed by atoms with van der Waals surface area (Å²) in [5.74, 6) is 1.47. The molecule has 0 aliphatic carbocycles. The molecule has 0 saturated carbocycles. The van der Waals surface area contributed by atoms with Crippen LogP contribution in [0.4, 0.5) is 0 Å². The van der Waals surface area contributed by atoms with E-state index in [-0.39, 0.29) is 11.9 Å². The van der Waals surface area contributed by atoms with Gasteiger partial charge in [0.2, 0.25) is 5.91 Å². The normalized spacial score (nSPS) is 25.6. The van der Waals surface area contributed by atoms with Gasteiger partial charge in [0.25, 0.3) is 0 Å². The van der Waals surface area contributed by atoms with Crippen molar-refractivity contribution in [3.05, 3.63) is 0 Å². The maximum Gasteiger partial charge on any atom is 0.237 e. The average Bonchev–Trinajstić information content (AvgIpc) is 2.33. The van der Waals surface area contributed by atoms with Crippen LogP contribution in [0.3, 0.4) is 0 Å². The van der Waals surface area contributed by atoms with E-state index >= 15 is 0 Å². The smallest absolute Gasteiger partial charge is 0.237 e. The fourth-order valence-corrected chi connectivity index (χ4v) is 2.67. The second-order valence-electron chi connectivity index (χ2n) is 6.63. The first kappa shape index (κ1) is 16.4. The van der Waals surface area contributed by atoms with Crippen molar-refractivity contribution in [2.24, 2.45) is 11.8 Å². The van der Waals surface area contributed by atoms with Crippen molar-refractivity contribution in [2.45, 2.75) is 52.1 Å². The number of likely N-dealkylation sites (N-methyl/N-ethyl adjacent to an activating group) is 1. The van der Waals surface area contributed by atoms with Gasteiger partial charge in [-0.1, -0.05) is 20.8 Å². The van der Waals surface area contributed by atoms with Crippen molar-refractivity contribution in [1.82, 2.24) is 15.5 Å². The summed E-state index contributed by atoms with van der Waals surface area (Å²) < 4.78 is 0. The van der Waals surface area contributed by atoms with Crippen molar-refractivity contribution < 1.29 is 4.79 Å². The lowest BCUT2D eigenvalue weighted by molar-refractivity contribution is -0.124. The van der Waals surface area contributed by atoms with Gasteiger partial charge in [0.1, 0.15) is 0 Å². The zero-order chi connectivity index (χ0) is 14.4. The van der Waals surface area contributed by atoms with Crippen LogP contribution in [0.25, 0.3) is 0 Å². The molecule has 112 valence electrons. The van der Waals surface area contributed by atoms with Crippen molar-refractivity contribution in [3.8, 4) is 0 Å². The molecular weight excluding hydrogens is 238 g/mol. The number of amides is 1. The van der Waals surface area contributed by atoms with Crippen LogP contribution in [0.15, 0.2) is 0 Å². The number of rotatable bonds is 6. The van der Waals surface area contributed by atoms with Gasteiger partial charge in [-0.25, -0.2) is 0 Å². The molecule has 3 unspecified atom stereocenters. The van der Waals surface area contributed by atoms with Gasteiger partial charge < -0.3 is 15.5 Å². The minimum absolute atomic E-state index is 0.00520. The zero-order valence-electron chi connectivity index (χ0n) is 13.2. The van der Waals surface area contributed by atoms with Gasteiger partial charge in [0, 0.05) is 12.6 Å². The lowest BCUT2D eigenvalue weighted by Gasteiger charge is -2.30. The minimum Gasteiger partial charge on any atom is -0.353 e. The highest BCUT2D eigenvalue weighted by atomic mass is 16.2. The number of carbonyl (C=O) groups is 1. The molecule has 1 aliphatic heterocycles. The molecule has 1 amide bonds. The number of nitrogens with one attached hydrogen (secondary N) is 2. The summed E-state index contributed by atoms with van der Waals surface area (Å²) in [5.41, 5.74) is 0. The van der Waals surface area contributed by atoms with Crippen molar-refractivity contribution in [1.29, 1.82) is 0 Å². The Morgan fingerprint density at radius 2 is 2.11 bits per heavy atom. The molecule has 0 aromatic carbocycles. The predicted octanol–water partition coefficient (Wildman–Crippen LogP) is 1.47. The monoisotopic (exact) mass is 269 g/mol. The Hall–Kier alpha value is -0.610. The molecule has 19 heavy (non-hydrogen) atoms. The van der Waals surface area contributed by atoms with E-state index in [9.17, 15) is 4.79 Å². The Kier molecular flexibility index (Phi) is 6.80. The van der Waals surface area contributed by atoms with E-state index < -0.39 is 0 Å². The lowest BCUT2D eigenvalue weighted by atomic mass is 9.94. The number of hydrogen-bond acceptors (Lipinski definition) is 3. The van der Waals surface area contributed by atoms with E-state index in [2.05, 4.69) is 50.4 Å². The van der Waals surface area contributed by atoms with E-state index in [0.29, 0.717) is 17.9 Å². The Balaban J connectivity index is 2.38. The van der Waals surface area contributed by atoms with E-state index in [0.717, 1.165) is 25.9 Å². The van der Waals surface area contributed by atoms with Gasteiger partial charge in [-0.05, 0) is 51.7 Å². The summed E-state index contributed by atoms with van der Waals surface area (Å²) in [6, 6.07) is 0.426. The van der Waals surface area contributed by atoms with Gasteiger partial charge in [-0.15, -0.1) is 0 Å². The maximum atomic E-state index is 12.2. The first-order valence-electron chi connectivity index (χ1n) is 7.57. The summed E-state index contributed by atoms with van der Waals surface area (Å²) in [5, 5.41) is 6.43. The molecule has 1 aliphatic rings. The van der Waals surface area contributed by atoms with Gasteiger partial charge in [0.05, 0.1) is 6.04 Å². The molecule has 0 spiro atoms. The van der Waals surface area contributed by atoms with Crippen LogP contribution < -0.4 is 10.6 Å². The average molecular weight is 269 g/mol. The topological polar surface area (TPSA) is 44.4 Å². The largest absolute Gasteiger partial charge is 0.353 e. The summed E-state index contributed by atoms with van der Waals surface area (Å²) in [6.07, 6.45) is 3.25. The van der Waals surface area contributed by atoms with Crippen molar-refractivity contribution in [2.75, 3.05) is 27.2 Å². The summed E-state index contributed by atoms with van der Waals surface area (Å²) in [4.78, 5) is 14.4. The quantitative estimate of drug-likeness (QED) is 0.767. The Labute approximate surface area is 118 Å². The van der Waals surface area contributed by atoms with E-state index in [1.807, 2.05) is 0 Å². The molecule has 0 bridgehead atoms. The lowest BCUT2D eigenvalue weighted by Crippen LogP contribution is -2.51. The Bertz CT molecular complexity index is 279. The molecule has 1 rings (SSSR count). The van der Waals surface area contributed by atoms with E-state index in [1.165, 1.54) is 6.42 Å². The third kappa shape index (κ3) is 5.91. The molecule has 1 heterocycles. The van der Waals surface area contributed by atoms with Crippen LogP contribution >= 0.6 is 0 Å². The SMILES string of the molecule is CC(C)CC(CNC(=O)C1CC(C)CCN1)N(C)C. The summed E-state index contributed by atoms with van der Waals surface area (Å²) >= 11 is 0. The first-order chi connectivity index (χ1) is 8.90. The molecule has 1 saturated heterocycles. The minimum atomic E-state index is 0.00520. The molecule has 2 N–H and O–H groups in total. The Morgan fingerprint density at radius 1 is 1.42 bits per heavy atom. The van der Waals surface area contributed by atoms with Crippen LogP contribution in [-0.2, 0) is 4.79 Å². The first-order valence-corrected chi connectivity index (χ1v) is 7.57. The van der Waals surface area contributed by atoms with Crippen LogP contribution in [0, 0.1) is 11.8 Å². The maximum absolute atomic E-state index is 12.2. The fraction of sp³-hybridized carbons (Fsp3) is 0.933. The van der Waals surface area contributed by atoms with Gasteiger partial charge in [-0.2, -0.15) is 0 Å². The van der Waals surface area contributed by atoms with E-state index in [4.69, 9.17) is 0 Å². The second-order valence-corrected chi connectivity index (χ2v) is 6.63. The number of piperidine rings is 1. The van der Waals surface area contributed by atoms with Crippen LogP contribution in [0.1, 0.15) is 40.0 Å². The van der Waals surface area contributed by atoms with Crippen molar-refractivity contribution >= 4 is 5.91 Å². The molecule has 0 aromatic rings. The Morgan fingerprint density at radius 3 is 2.63 bits per heavy atom. The molecule has 3 atom stereocenters. The van der Waals surface area contributed by atoms with Crippen LogP contribution in [0.5, 0.6) is 0 Å². The van der Waals surface area contributed by atoms with E-state index in [1.54, 1.807) is 0 Å². The molecule has 4 heteroatoms. The molecule has 0 aromatic heterocycles. The molecule has 4 nitrogen and oxygen atoms in total. The molecule has 1 fully saturated rings. The number of hydrogen-bond donors (Lipinski definition) is 2. The van der Waals surface area contributed by atoms with Crippen LogP contribution in [-0.4, -0.2) is 50.1 Å². The second kappa shape index (κ2) is 7.85. The third-order valence-corrected chi connectivity index (χ3v) is 3.97. The standard InChI is InChI=1S/C15H31N3O/c1-11(2)8-13(18(4)5)10-17-15(19)14-9-12(3)6-7-16-14/h11-14,16H,6-10H2,1-5H3,(H,17,19). The highest BCUT2D eigenvalue weighted by molar-refractivity contribution is 5.81. The number of nitrogens with zero attached hydrogens (tertiary/aromatic N) is 1. The van der Waals surface area contributed by atoms with Crippen LogP contribution in [0.2, 0.25) is 0 Å². The molecule has 0 radical (unpaired) electrons. The highest BCUT2D eigenvalue weighted by Gasteiger charge is 2.25. The summed E-state index contributed by atoms with van der Waals surface area (Å²) in [7, 11) is 4.17. The molecular formula is C15H31N3O. The van der Waals surface area contributed by atoms with Gasteiger partial charge in [-0.3, -0.25) is 4.79 Å². The summed E-state index contributed by atoms with van der Waals surface area (Å²) in [6.45, 7) is 8.38. The number of carbonyl (C=O) groups excluding carboxylic acids is 1.